The third-order valence-corrected chi connectivity index (χ3v) is 5.59. The van der Waals surface area contributed by atoms with Crippen LogP contribution in [0.25, 0.3) is 0 Å². The predicted molar refractivity (Wildman–Crippen MR) is 122 cm³/mol. The van der Waals surface area contributed by atoms with E-state index in [1.807, 2.05) is 0 Å². The van der Waals surface area contributed by atoms with E-state index in [0.717, 1.165) is 72.3 Å². The van der Waals surface area contributed by atoms with Gasteiger partial charge in [0, 0.05) is 26.9 Å². The molecule has 11 nitrogen and oxygen atoms in total. The molecular weight excluding hydrogens is 464 g/mol. The van der Waals surface area contributed by atoms with Crippen LogP contribution in [0.3, 0.4) is 0 Å². The molecule has 11 heteroatoms. The molecule has 202 valence electrons. The van der Waals surface area contributed by atoms with E-state index in [2.05, 4.69) is 4.74 Å². The first kappa shape index (κ1) is 30.8. The van der Waals surface area contributed by atoms with Gasteiger partial charge in [0.1, 0.15) is 6.10 Å². The zero-order chi connectivity index (χ0) is 26.2. The standard InChI is InChI=1S/C24H40O11/c1-16(25)33-20-19(28)21(34-17(2)26)24(35-22(20)23(29)31-4)32-15-13-11-9-7-5-6-8-10-12-14-18(27)30-3/h19-22,24,28H,5-15H2,1-4H3/t19-,20-,21+,22-,24+/m0/s1. The van der Waals surface area contributed by atoms with E-state index in [4.69, 9.17) is 23.7 Å². The maximum absolute atomic E-state index is 12.1. The lowest BCUT2D eigenvalue weighted by Crippen LogP contribution is -2.62. The van der Waals surface area contributed by atoms with E-state index in [9.17, 15) is 24.3 Å². The smallest absolute Gasteiger partial charge is 0.339 e. The average Bonchev–Trinajstić information content (AvgIpc) is 2.82. The van der Waals surface area contributed by atoms with Crippen molar-refractivity contribution in [3.63, 3.8) is 0 Å². The molecular formula is C24H40O11. The van der Waals surface area contributed by atoms with Gasteiger partial charge in [0.25, 0.3) is 0 Å². The zero-order valence-corrected chi connectivity index (χ0v) is 21.2. The molecule has 0 radical (unpaired) electrons. The Hall–Kier alpha value is -2.24. The van der Waals surface area contributed by atoms with Gasteiger partial charge in [-0.15, -0.1) is 0 Å². The Morgan fingerprint density at radius 2 is 1.26 bits per heavy atom. The van der Waals surface area contributed by atoms with Crippen molar-refractivity contribution in [2.75, 3.05) is 20.8 Å². The third kappa shape index (κ3) is 11.8. The van der Waals surface area contributed by atoms with Crippen LogP contribution in [0.15, 0.2) is 0 Å². The Kier molecular flexibility index (Phi) is 15.2. The number of rotatable bonds is 16. The molecule has 35 heavy (non-hydrogen) atoms. The van der Waals surface area contributed by atoms with Crippen LogP contribution in [-0.2, 0) is 47.6 Å². The van der Waals surface area contributed by atoms with Gasteiger partial charge < -0.3 is 33.5 Å². The number of hydrogen-bond acceptors (Lipinski definition) is 11. The summed E-state index contributed by atoms with van der Waals surface area (Å²) < 4.78 is 30.8. The van der Waals surface area contributed by atoms with Gasteiger partial charge in [-0.05, 0) is 12.8 Å². The van der Waals surface area contributed by atoms with Crippen LogP contribution >= 0.6 is 0 Å². The zero-order valence-electron chi connectivity index (χ0n) is 21.2. The Bertz CT molecular complexity index is 666. The number of hydrogen-bond donors (Lipinski definition) is 1. The maximum Gasteiger partial charge on any atom is 0.339 e. The lowest BCUT2D eigenvalue weighted by atomic mass is 9.98. The summed E-state index contributed by atoms with van der Waals surface area (Å²) in [7, 11) is 2.54. The van der Waals surface area contributed by atoms with Crippen molar-refractivity contribution < 1.29 is 52.7 Å². The molecule has 1 heterocycles. The van der Waals surface area contributed by atoms with E-state index >= 15 is 0 Å². The van der Waals surface area contributed by atoms with Crippen molar-refractivity contribution >= 4 is 23.9 Å². The molecule has 1 rings (SSSR count). The van der Waals surface area contributed by atoms with E-state index in [1.165, 1.54) is 7.11 Å². The molecule has 5 atom stereocenters. The summed E-state index contributed by atoms with van der Waals surface area (Å²) in [5, 5.41) is 10.7. The number of carbonyl (C=O) groups excluding carboxylic acids is 4. The minimum atomic E-state index is -1.54. The normalized spacial score (nSPS) is 23.9. The largest absolute Gasteiger partial charge is 0.469 e. The van der Waals surface area contributed by atoms with E-state index in [1.54, 1.807) is 0 Å². The molecule has 1 N–H and O–H groups in total. The Morgan fingerprint density at radius 1 is 0.743 bits per heavy atom. The quantitative estimate of drug-likeness (QED) is 0.188. The summed E-state index contributed by atoms with van der Waals surface area (Å²) >= 11 is 0. The predicted octanol–water partition coefficient (Wildman–Crippen LogP) is 2.20. The Morgan fingerprint density at radius 3 is 1.77 bits per heavy atom. The number of esters is 4. The molecule has 0 aromatic heterocycles. The van der Waals surface area contributed by atoms with Crippen molar-refractivity contribution in [2.45, 2.75) is 109 Å². The van der Waals surface area contributed by atoms with Gasteiger partial charge in [0.05, 0.1) is 14.2 Å². The summed E-state index contributed by atoms with van der Waals surface area (Å²) in [5.74, 6) is -2.44. The second-order valence-electron chi connectivity index (χ2n) is 8.47. The number of carbonyl (C=O) groups is 4. The molecule has 0 saturated carbocycles. The van der Waals surface area contributed by atoms with Crippen molar-refractivity contribution in [2.24, 2.45) is 0 Å². The fraction of sp³-hybridized carbons (Fsp3) is 0.833. The molecule has 0 aromatic carbocycles. The van der Waals surface area contributed by atoms with Crippen LogP contribution in [0.2, 0.25) is 0 Å². The van der Waals surface area contributed by atoms with Crippen molar-refractivity contribution in [3.8, 4) is 0 Å². The highest BCUT2D eigenvalue weighted by atomic mass is 16.7. The van der Waals surface area contributed by atoms with Crippen molar-refractivity contribution in [1.82, 2.24) is 0 Å². The van der Waals surface area contributed by atoms with Crippen LogP contribution in [0, 0.1) is 0 Å². The SMILES string of the molecule is COC(=O)CCCCCCCCCCCO[C@@H]1O[C@H](C(=O)OC)[C@@H](OC(C)=O)[C@H](O)[C@H]1OC(C)=O. The molecule has 1 aliphatic rings. The van der Waals surface area contributed by atoms with Gasteiger partial charge in [0.2, 0.25) is 0 Å². The average molecular weight is 505 g/mol. The number of unbranched alkanes of at least 4 members (excludes halogenated alkanes) is 8. The van der Waals surface area contributed by atoms with Crippen LogP contribution in [0.1, 0.15) is 78.1 Å². The van der Waals surface area contributed by atoms with Gasteiger partial charge >= 0.3 is 23.9 Å². The molecule has 0 unspecified atom stereocenters. The van der Waals surface area contributed by atoms with E-state index in [0.29, 0.717) is 12.8 Å². The van der Waals surface area contributed by atoms with Crippen LogP contribution in [0.4, 0.5) is 0 Å². The molecule has 0 bridgehead atoms. The second-order valence-corrected chi connectivity index (χ2v) is 8.47. The van der Waals surface area contributed by atoms with Crippen LogP contribution in [0.5, 0.6) is 0 Å². The fourth-order valence-corrected chi connectivity index (χ4v) is 3.82. The van der Waals surface area contributed by atoms with Gasteiger partial charge in [-0.25, -0.2) is 4.79 Å². The van der Waals surface area contributed by atoms with Crippen molar-refractivity contribution in [1.29, 1.82) is 0 Å². The van der Waals surface area contributed by atoms with Crippen LogP contribution in [-0.4, -0.2) is 80.5 Å². The minimum absolute atomic E-state index is 0.162. The summed E-state index contributed by atoms with van der Waals surface area (Å²) in [6, 6.07) is 0. The number of aliphatic hydroxyl groups is 1. The Labute approximate surface area is 206 Å². The number of aliphatic hydroxyl groups excluding tert-OH is 1. The summed E-state index contributed by atoms with van der Waals surface area (Å²) in [4.78, 5) is 46.2. The first-order valence-corrected chi connectivity index (χ1v) is 12.2. The van der Waals surface area contributed by atoms with E-state index in [-0.39, 0.29) is 12.6 Å². The van der Waals surface area contributed by atoms with Crippen LogP contribution < -0.4 is 0 Å². The molecule has 1 saturated heterocycles. The minimum Gasteiger partial charge on any atom is -0.469 e. The van der Waals surface area contributed by atoms with Gasteiger partial charge in [-0.1, -0.05) is 44.9 Å². The van der Waals surface area contributed by atoms with E-state index < -0.39 is 48.6 Å². The lowest BCUT2D eigenvalue weighted by Gasteiger charge is -2.41. The highest BCUT2D eigenvalue weighted by molar-refractivity contribution is 5.76. The van der Waals surface area contributed by atoms with Gasteiger partial charge in [-0.2, -0.15) is 0 Å². The summed E-state index contributed by atoms with van der Waals surface area (Å²) in [6.45, 7) is 2.54. The highest BCUT2D eigenvalue weighted by Crippen LogP contribution is 2.28. The first-order valence-electron chi connectivity index (χ1n) is 12.2. The van der Waals surface area contributed by atoms with Crippen molar-refractivity contribution in [3.05, 3.63) is 0 Å². The fourth-order valence-electron chi connectivity index (χ4n) is 3.82. The van der Waals surface area contributed by atoms with Gasteiger partial charge in [-0.3, -0.25) is 14.4 Å². The molecule has 0 aliphatic carbocycles. The number of ether oxygens (including phenoxy) is 6. The topological polar surface area (TPSA) is 144 Å². The maximum atomic E-state index is 12.1. The number of methoxy groups -OCH3 is 2. The van der Waals surface area contributed by atoms with Gasteiger partial charge in [0.15, 0.2) is 24.6 Å². The molecule has 1 aliphatic heterocycles. The molecule has 0 spiro atoms. The summed E-state index contributed by atoms with van der Waals surface area (Å²) in [5.41, 5.74) is 0. The lowest BCUT2D eigenvalue weighted by molar-refractivity contribution is -0.299. The molecule has 0 aromatic rings. The first-order chi connectivity index (χ1) is 16.7. The highest BCUT2D eigenvalue weighted by Gasteiger charge is 2.52. The Balaban J connectivity index is 2.41. The third-order valence-electron chi connectivity index (χ3n) is 5.59. The molecule has 0 amide bonds. The second kappa shape index (κ2) is 17.2. The summed E-state index contributed by atoms with van der Waals surface area (Å²) in [6.07, 6.45) is 2.50. The monoisotopic (exact) mass is 504 g/mol. The molecule has 1 fully saturated rings.